The Balaban J connectivity index is 1.77. The SMILES string of the molecule is Cc1nn(C)c(C)c1CNCc1c(Cl)oc2ccccc12. The maximum absolute atomic E-state index is 6.19. The molecule has 3 rings (SSSR count). The molecule has 0 saturated heterocycles. The summed E-state index contributed by atoms with van der Waals surface area (Å²) in [7, 11) is 1.96. The van der Waals surface area contributed by atoms with Crippen LogP contribution in [0.25, 0.3) is 11.0 Å². The van der Waals surface area contributed by atoms with E-state index in [1.807, 2.05) is 42.9 Å². The van der Waals surface area contributed by atoms with Crippen LogP contribution in [0.2, 0.25) is 5.22 Å². The van der Waals surface area contributed by atoms with E-state index in [0.29, 0.717) is 11.8 Å². The van der Waals surface area contributed by atoms with Crippen molar-refractivity contribution in [1.82, 2.24) is 15.1 Å². The third kappa shape index (κ3) is 2.57. The quantitative estimate of drug-likeness (QED) is 0.798. The number of hydrogen-bond acceptors (Lipinski definition) is 3. The summed E-state index contributed by atoms with van der Waals surface area (Å²) in [6.45, 7) is 5.55. The lowest BCUT2D eigenvalue weighted by molar-refractivity contribution is 0.603. The second kappa shape index (κ2) is 5.54. The summed E-state index contributed by atoms with van der Waals surface area (Å²) in [4.78, 5) is 0. The van der Waals surface area contributed by atoms with E-state index in [1.54, 1.807) is 0 Å². The van der Waals surface area contributed by atoms with E-state index in [2.05, 4.69) is 17.3 Å². The van der Waals surface area contributed by atoms with Gasteiger partial charge in [0.05, 0.1) is 5.69 Å². The number of rotatable bonds is 4. The van der Waals surface area contributed by atoms with Gasteiger partial charge in [-0.2, -0.15) is 5.10 Å². The van der Waals surface area contributed by atoms with E-state index in [0.717, 1.165) is 28.8 Å². The number of aromatic nitrogens is 2. The first-order valence-electron chi connectivity index (χ1n) is 6.93. The summed E-state index contributed by atoms with van der Waals surface area (Å²) in [6.07, 6.45) is 0. The van der Waals surface area contributed by atoms with Crippen molar-refractivity contribution in [3.05, 3.63) is 52.0 Å². The van der Waals surface area contributed by atoms with Crippen LogP contribution in [0.1, 0.15) is 22.5 Å². The molecular weight excluding hydrogens is 286 g/mol. The molecule has 2 aromatic heterocycles. The maximum Gasteiger partial charge on any atom is 0.199 e. The predicted octanol–water partition coefficient (Wildman–Crippen LogP) is 3.73. The minimum atomic E-state index is 0.461. The van der Waals surface area contributed by atoms with Crippen molar-refractivity contribution in [3.8, 4) is 0 Å². The zero-order valence-corrected chi connectivity index (χ0v) is 13.2. The molecule has 2 heterocycles. The van der Waals surface area contributed by atoms with Gasteiger partial charge in [0.2, 0.25) is 0 Å². The lowest BCUT2D eigenvalue weighted by Gasteiger charge is -2.05. The van der Waals surface area contributed by atoms with E-state index in [4.69, 9.17) is 16.0 Å². The molecule has 0 atom stereocenters. The highest BCUT2D eigenvalue weighted by molar-refractivity contribution is 6.30. The summed E-state index contributed by atoms with van der Waals surface area (Å²) < 4.78 is 7.47. The van der Waals surface area contributed by atoms with Crippen molar-refractivity contribution in [3.63, 3.8) is 0 Å². The van der Waals surface area contributed by atoms with Crippen LogP contribution >= 0.6 is 11.6 Å². The van der Waals surface area contributed by atoms with Crippen molar-refractivity contribution in [2.75, 3.05) is 0 Å². The monoisotopic (exact) mass is 303 g/mol. The number of halogens is 1. The number of aryl methyl sites for hydroxylation is 2. The Morgan fingerprint density at radius 2 is 1.90 bits per heavy atom. The van der Waals surface area contributed by atoms with Crippen LogP contribution in [-0.4, -0.2) is 9.78 Å². The molecule has 0 radical (unpaired) electrons. The number of benzene rings is 1. The standard InChI is InChI=1S/C16H18ClN3O/c1-10-13(11(2)20(3)19-10)8-18-9-14-12-6-4-5-7-15(12)21-16(14)17/h4-7,18H,8-9H2,1-3H3. The van der Waals surface area contributed by atoms with Crippen molar-refractivity contribution in [2.24, 2.45) is 7.05 Å². The molecule has 0 aliphatic heterocycles. The smallest absolute Gasteiger partial charge is 0.199 e. The van der Waals surface area contributed by atoms with Gasteiger partial charge in [-0.15, -0.1) is 0 Å². The van der Waals surface area contributed by atoms with E-state index in [-0.39, 0.29) is 0 Å². The molecular formula is C16H18ClN3O. The van der Waals surface area contributed by atoms with Gasteiger partial charge in [0.15, 0.2) is 5.22 Å². The largest absolute Gasteiger partial charge is 0.444 e. The van der Waals surface area contributed by atoms with Gasteiger partial charge in [-0.1, -0.05) is 18.2 Å². The van der Waals surface area contributed by atoms with Crippen LogP contribution in [0.3, 0.4) is 0 Å². The Bertz CT molecular complexity index is 788. The fraction of sp³-hybridized carbons (Fsp3) is 0.312. The van der Waals surface area contributed by atoms with Crippen LogP contribution in [0.15, 0.2) is 28.7 Å². The lowest BCUT2D eigenvalue weighted by Crippen LogP contribution is -2.14. The summed E-state index contributed by atoms with van der Waals surface area (Å²) in [5.41, 5.74) is 5.31. The van der Waals surface area contributed by atoms with Gasteiger partial charge in [0.25, 0.3) is 0 Å². The summed E-state index contributed by atoms with van der Waals surface area (Å²) in [5.74, 6) is 0. The third-order valence-electron chi connectivity index (χ3n) is 3.91. The minimum absolute atomic E-state index is 0.461. The molecule has 110 valence electrons. The molecule has 0 fully saturated rings. The molecule has 1 aromatic carbocycles. The van der Waals surface area contributed by atoms with Crippen molar-refractivity contribution in [1.29, 1.82) is 0 Å². The summed E-state index contributed by atoms with van der Waals surface area (Å²) in [5, 5.41) is 9.39. The Morgan fingerprint density at radius 3 is 2.62 bits per heavy atom. The molecule has 1 N–H and O–H groups in total. The third-order valence-corrected chi connectivity index (χ3v) is 4.22. The van der Waals surface area contributed by atoms with E-state index in [1.165, 1.54) is 11.3 Å². The Hall–Kier alpha value is -1.78. The minimum Gasteiger partial charge on any atom is -0.444 e. The second-order valence-corrected chi connectivity index (χ2v) is 5.57. The summed E-state index contributed by atoms with van der Waals surface area (Å²) >= 11 is 6.19. The average molecular weight is 304 g/mol. The Labute approximate surface area is 128 Å². The van der Waals surface area contributed by atoms with Crippen LogP contribution in [-0.2, 0) is 20.1 Å². The summed E-state index contributed by atoms with van der Waals surface area (Å²) in [6, 6.07) is 7.90. The molecule has 0 bridgehead atoms. The van der Waals surface area contributed by atoms with Gasteiger partial charge < -0.3 is 9.73 Å². The van der Waals surface area contributed by atoms with Crippen molar-refractivity contribution < 1.29 is 4.42 Å². The topological polar surface area (TPSA) is 43.0 Å². The van der Waals surface area contributed by atoms with E-state index >= 15 is 0 Å². The van der Waals surface area contributed by atoms with Gasteiger partial charge in [-0.05, 0) is 31.5 Å². The highest BCUT2D eigenvalue weighted by Gasteiger charge is 2.13. The fourth-order valence-corrected chi connectivity index (χ4v) is 2.87. The molecule has 0 spiro atoms. The Morgan fingerprint density at radius 1 is 1.19 bits per heavy atom. The van der Waals surface area contributed by atoms with Crippen molar-refractivity contribution >= 4 is 22.6 Å². The molecule has 21 heavy (non-hydrogen) atoms. The number of nitrogens with one attached hydrogen (secondary N) is 1. The molecule has 0 aliphatic rings. The van der Waals surface area contributed by atoms with E-state index in [9.17, 15) is 0 Å². The highest BCUT2D eigenvalue weighted by atomic mass is 35.5. The van der Waals surface area contributed by atoms with Gasteiger partial charge in [0.1, 0.15) is 5.58 Å². The molecule has 0 unspecified atom stereocenters. The zero-order chi connectivity index (χ0) is 15.0. The van der Waals surface area contributed by atoms with Crippen LogP contribution in [0.4, 0.5) is 0 Å². The van der Waals surface area contributed by atoms with E-state index < -0.39 is 0 Å². The first kappa shape index (κ1) is 14.2. The van der Waals surface area contributed by atoms with Gasteiger partial charge in [-0.3, -0.25) is 4.68 Å². The fourth-order valence-electron chi connectivity index (χ4n) is 2.62. The second-order valence-electron chi connectivity index (χ2n) is 5.23. The van der Waals surface area contributed by atoms with Gasteiger partial charge in [-0.25, -0.2) is 0 Å². The number of fused-ring (bicyclic) bond motifs is 1. The van der Waals surface area contributed by atoms with Gasteiger partial charge in [0, 0.05) is 42.3 Å². The van der Waals surface area contributed by atoms with Crippen molar-refractivity contribution in [2.45, 2.75) is 26.9 Å². The van der Waals surface area contributed by atoms with Crippen LogP contribution < -0.4 is 5.32 Å². The molecule has 3 aromatic rings. The Kier molecular flexibility index (Phi) is 3.74. The molecule has 0 saturated carbocycles. The first-order valence-corrected chi connectivity index (χ1v) is 7.31. The molecule has 0 amide bonds. The molecule has 5 heteroatoms. The lowest BCUT2D eigenvalue weighted by atomic mass is 10.1. The van der Waals surface area contributed by atoms with Crippen LogP contribution in [0.5, 0.6) is 0 Å². The highest BCUT2D eigenvalue weighted by Crippen LogP contribution is 2.29. The first-order chi connectivity index (χ1) is 10.1. The number of hydrogen-bond donors (Lipinski definition) is 1. The van der Waals surface area contributed by atoms with Crippen LogP contribution in [0, 0.1) is 13.8 Å². The average Bonchev–Trinajstić information content (AvgIpc) is 2.90. The number of furan rings is 1. The number of nitrogens with zero attached hydrogens (tertiary/aromatic N) is 2. The predicted molar refractivity (Wildman–Crippen MR) is 84.4 cm³/mol. The molecule has 4 nitrogen and oxygen atoms in total. The maximum atomic E-state index is 6.19. The zero-order valence-electron chi connectivity index (χ0n) is 12.4. The van der Waals surface area contributed by atoms with Gasteiger partial charge >= 0.3 is 0 Å². The molecule has 0 aliphatic carbocycles. The number of para-hydroxylation sites is 1. The normalized spacial score (nSPS) is 11.4.